The molecule has 2 bridgehead atoms. The highest BCUT2D eigenvalue weighted by Crippen LogP contribution is 2.33. The van der Waals surface area contributed by atoms with Crippen LogP contribution in [-0.4, -0.2) is 41.6 Å². The molecule has 19 heavy (non-hydrogen) atoms. The zero-order valence-corrected chi connectivity index (χ0v) is 12.6. The third-order valence-electron chi connectivity index (χ3n) is 4.45. The number of nitrogens with one attached hydrogen (secondary N) is 1. The van der Waals surface area contributed by atoms with E-state index in [2.05, 4.69) is 10.3 Å². The second kappa shape index (κ2) is 6.01. The molecule has 1 aromatic rings. The van der Waals surface area contributed by atoms with E-state index in [1.807, 2.05) is 18.2 Å². The van der Waals surface area contributed by atoms with Crippen LogP contribution in [0.25, 0.3) is 0 Å². The number of aromatic nitrogens is 1. The summed E-state index contributed by atoms with van der Waals surface area (Å²) in [6.45, 7) is 4.16. The number of amides is 1. The van der Waals surface area contributed by atoms with E-state index < -0.39 is 0 Å². The summed E-state index contributed by atoms with van der Waals surface area (Å²) in [6.07, 6.45) is 5.61. The Morgan fingerprint density at radius 2 is 1.95 bits per heavy atom. The fraction of sp³-hybridized carbons (Fsp3) is 0.571. The standard InChI is InChI=1S/C14H19N3O.BrH/c18-14(16-13-3-1-2-7-15-13)11-17-8-4-12(5-9-17)6-10-17;/h1-3,7,12H,4-6,8-11H2;1H. The van der Waals surface area contributed by atoms with Crippen molar-refractivity contribution in [1.82, 2.24) is 4.98 Å². The summed E-state index contributed by atoms with van der Waals surface area (Å²) in [5, 5.41) is 2.90. The maximum absolute atomic E-state index is 12.1. The molecule has 4 heterocycles. The van der Waals surface area contributed by atoms with Gasteiger partial charge in [-0.3, -0.25) is 4.79 Å². The van der Waals surface area contributed by atoms with Crippen LogP contribution < -0.4 is 22.3 Å². The van der Waals surface area contributed by atoms with Crippen molar-refractivity contribution in [2.45, 2.75) is 19.3 Å². The molecule has 0 spiro atoms. The summed E-state index contributed by atoms with van der Waals surface area (Å²) in [6, 6.07) is 5.58. The van der Waals surface area contributed by atoms with Gasteiger partial charge < -0.3 is 26.8 Å². The molecule has 5 heteroatoms. The molecule has 0 aromatic carbocycles. The number of rotatable bonds is 3. The molecule has 4 rings (SSSR count). The van der Waals surface area contributed by atoms with Crippen LogP contribution in [-0.2, 0) is 4.79 Å². The van der Waals surface area contributed by atoms with Crippen molar-refractivity contribution in [2.75, 3.05) is 31.5 Å². The van der Waals surface area contributed by atoms with Crippen molar-refractivity contribution in [1.29, 1.82) is 0 Å². The molecular weight excluding hydrogens is 306 g/mol. The van der Waals surface area contributed by atoms with E-state index in [0.717, 1.165) is 10.4 Å². The summed E-state index contributed by atoms with van der Waals surface area (Å²) in [4.78, 5) is 16.2. The minimum Gasteiger partial charge on any atom is -1.00 e. The van der Waals surface area contributed by atoms with Crippen molar-refractivity contribution in [3.8, 4) is 0 Å². The molecule has 0 unspecified atom stereocenters. The first-order valence-electron chi connectivity index (χ1n) is 6.82. The van der Waals surface area contributed by atoms with E-state index in [1.165, 1.54) is 38.9 Å². The fourth-order valence-corrected chi connectivity index (χ4v) is 3.30. The smallest absolute Gasteiger partial charge is 0.280 e. The maximum atomic E-state index is 12.1. The number of carbonyl (C=O) groups excluding carboxylic acids is 1. The molecule has 0 saturated carbocycles. The quantitative estimate of drug-likeness (QED) is 0.699. The Hall–Kier alpha value is -0.940. The Labute approximate surface area is 124 Å². The Morgan fingerprint density at radius 1 is 1.26 bits per heavy atom. The molecule has 3 aliphatic rings. The molecule has 3 fully saturated rings. The van der Waals surface area contributed by atoms with Crippen LogP contribution in [0.2, 0.25) is 0 Å². The third kappa shape index (κ3) is 3.34. The minimum absolute atomic E-state index is 0. The second-order valence-corrected chi connectivity index (χ2v) is 5.67. The van der Waals surface area contributed by atoms with Crippen LogP contribution in [0.5, 0.6) is 0 Å². The molecule has 0 radical (unpaired) electrons. The van der Waals surface area contributed by atoms with Crippen LogP contribution in [0.3, 0.4) is 0 Å². The second-order valence-electron chi connectivity index (χ2n) is 5.67. The predicted molar refractivity (Wildman–Crippen MR) is 69.9 cm³/mol. The highest BCUT2D eigenvalue weighted by atomic mass is 79.9. The first kappa shape index (κ1) is 14.5. The monoisotopic (exact) mass is 325 g/mol. The zero-order chi connectivity index (χ0) is 12.4. The lowest BCUT2D eigenvalue weighted by atomic mass is 9.86. The summed E-state index contributed by atoms with van der Waals surface area (Å²) < 4.78 is 0.995. The average molecular weight is 326 g/mol. The van der Waals surface area contributed by atoms with Crippen LogP contribution in [0, 0.1) is 5.92 Å². The van der Waals surface area contributed by atoms with Crippen LogP contribution in [0.4, 0.5) is 5.82 Å². The van der Waals surface area contributed by atoms with Gasteiger partial charge in [0.05, 0.1) is 19.6 Å². The van der Waals surface area contributed by atoms with Gasteiger partial charge in [-0.15, -0.1) is 0 Å². The van der Waals surface area contributed by atoms with Gasteiger partial charge in [0, 0.05) is 6.20 Å². The van der Waals surface area contributed by atoms with Gasteiger partial charge in [-0.05, 0) is 37.3 Å². The summed E-state index contributed by atoms with van der Waals surface area (Å²) in [5.41, 5.74) is 0. The van der Waals surface area contributed by atoms with Crippen LogP contribution in [0.15, 0.2) is 24.4 Å². The number of halogens is 1. The van der Waals surface area contributed by atoms with Crippen LogP contribution in [0.1, 0.15) is 19.3 Å². The van der Waals surface area contributed by atoms with E-state index >= 15 is 0 Å². The molecule has 0 atom stereocenters. The Balaban J connectivity index is 0.00000133. The lowest BCUT2D eigenvalue weighted by Crippen LogP contribution is -3.00. The van der Waals surface area contributed by atoms with Crippen molar-refractivity contribution in [3.05, 3.63) is 24.4 Å². The van der Waals surface area contributed by atoms with Gasteiger partial charge in [0.2, 0.25) is 0 Å². The van der Waals surface area contributed by atoms with Crippen molar-refractivity contribution in [3.63, 3.8) is 0 Å². The largest absolute Gasteiger partial charge is 1.00 e. The van der Waals surface area contributed by atoms with E-state index in [0.29, 0.717) is 12.4 Å². The van der Waals surface area contributed by atoms with Gasteiger partial charge in [0.1, 0.15) is 5.82 Å². The van der Waals surface area contributed by atoms with Crippen molar-refractivity contribution >= 4 is 11.7 Å². The lowest BCUT2D eigenvalue weighted by molar-refractivity contribution is -0.935. The maximum Gasteiger partial charge on any atom is 0.280 e. The molecule has 3 aliphatic heterocycles. The molecule has 4 nitrogen and oxygen atoms in total. The minimum atomic E-state index is 0. The molecular formula is C14H20BrN3O. The number of quaternary nitrogens is 1. The number of hydrogen-bond acceptors (Lipinski definition) is 2. The number of hydrogen-bond donors (Lipinski definition) is 1. The van der Waals surface area contributed by atoms with Gasteiger partial charge in [0.25, 0.3) is 5.91 Å². The molecule has 0 aliphatic carbocycles. The molecule has 1 aromatic heterocycles. The summed E-state index contributed by atoms with van der Waals surface area (Å²) >= 11 is 0. The molecule has 1 amide bonds. The Kier molecular flexibility index (Phi) is 4.58. The van der Waals surface area contributed by atoms with Gasteiger partial charge in [-0.2, -0.15) is 0 Å². The number of pyridine rings is 1. The number of carbonyl (C=O) groups is 1. The van der Waals surface area contributed by atoms with Crippen molar-refractivity contribution < 1.29 is 26.3 Å². The number of fused-ring (bicyclic) bond motifs is 3. The third-order valence-corrected chi connectivity index (χ3v) is 4.45. The highest BCUT2D eigenvalue weighted by molar-refractivity contribution is 5.90. The van der Waals surface area contributed by atoms with E-state index in [9.17, 15) is 4.79 Å². The molecule has 3 saturated heterocycles. The van der Waals surface area contributed by atoms with E-state index in [-0.39, 0.29) is 22.9 Å². The van der Waals surface area contributed by atoms with Gasteiger partial charge >= 0.3 is 0 Å². The van der Waals surface area contributed by atoms with E-state index in [4.69, 9.17) is 0 Å². The number of piperidine rings is 3. The first-order valence-corrected chi connectivity index (χ1v) is 6.82. The van der Waals surface area contributed by atoms with E-state index in [1.54, 1.807) is 6.20 Å². The zero-order valence-electron chi connectivity index (χ0n) is 11.0. The predicted octanol–water partition coefficient (Wildman–Crippen LogP) is -1.35. The fourth-order valence-electron chi connectivity index (χ4n) is 3.30. The van der Waals surface area contributed by atoms with Crippen molar-refractivity contribution in [2.24, 2.45) is 5.92 Å². The first-order chi connectivity index (χ1) is 8.76. The number of anilines is 1. The average Bonchev–Trinajstić information content (AvgIpc) is 2.41. The topological polar surface area (TPSA) is 42.0 Å². The molecule has 104 valence electrons. The Morgan fingerprint density at radius 3 is 2.53 bits per heavy atom. The highest BCUT2D eigenvalue weighted by Gasteiger charge is 2.40. The summed E-state index contributed by atoms with van der Waals surface area (Å²) in [7, 11) is 0. The number of nitrogens with zero attached hydrogens (tertiary/aromatic N) is 2. The lowest BCUT2D eigenvalue weighted by Gasteiger charge is -2.48. The van der Waals surface area contributed by atoms with Crippen LogP contribution >= 0.6 is 0 Å². The normalized spacial score (nSPS) is 28.5. The summed E-state index contributed by atoms with van der Waals surface area (Å²) in [5.74, 6) is 1.70. The molecule has 1 N–H and O–H groups in total. The Bertz CT molecular complexity index is 416. The van der Waals surface area contributed by atoms with Gasteiger partial charge in [0.15, 0.2) is 6.54 Å². The van der Waals surface area contributed by atoms with Gasteiger partial charge in [-0.1, -0.05) is 6.07 Å². The van der Waals surface area contributed by atoms with Gasteiger partial charge in [-0.25, -0.2) is 4.98 Å². The SMILES string of the molecule is O=C(C[N+]12CCC(CC1)CC2)Nc1ccccn1.[Br-].